The highest BCUT2D eigenvalue weighted by Gasteiger charge is 2.18. The summed E-state index contributed by atoms with van der Waals surface area (Å²) in [6.07, 6.45) is 0. The standard InChI is InChI=1S/C14H10N4O4S2/c19-18(20)11-6-8-12(9-7-11)24(21,22)17-14-15-13(16-23-14)10-4-2-1-3-5-10/h1-9H,(H,15,16,17). The van der Waals surface area contributed by atoms with E-state index in [0.29, 0.717) is 5.82 Å². The second kappa shape index (κ2) is 6.34. The molecule has 1 heterocycles. The molecule has 1 N–H and O–H groups in total. The second-order valence-corrected chi connectivity index (χ2v) is 7.08. The summed E-state index contributed by atoms with van der Waals surface area (Å²) < 4.78 is 31.0. The van der Waals surface area contributed by atoms with Gasteiger partial charge in [0.05, 0.1) is 9.82 Å². The van der Waals surface area contributed by atoms with Gasteiger partial charge in [0.25, 0.3) is 15.7 Å². The molecule has 10 heteroatoms. The van der Waals surface area contributed by atoms with Gasteiger partial charge in [0.2, 0.25) is 5.13 Å². The molecule has 0 spiro atoms. The number of sulfonamides is 1. The maximum atomic E-state index is 12.3. The zero-order valence-corrected chi connectivity index (χ0v) is 13.6. The number of nitro benzene ring substituents is 1. The molecular weight excluding hydrogens is 352 g/mol. The molecule has 0 fully saturated rings. The fourth-order valence-corrected chi connectivity index (χ4v) is 3.70. The van der Waals surface area contributed by atoms with E-state index in [0.717, 1.165) is 29.2 Å². The van der Waals surface area contributed by atoms with Crippen LogP contribution in [-0.2, 0) is 10.0 Å². The molecule has 24 heavy (non-hydrogen) atoms. The molecule has 3 aromatic rings. The molecule has 1 aromatic heterocycles. The molecule has 0 saturated heterocycles. The highest BCUT2D eigenvalue weighted by atomic mass is 32.2. The van der Waals surface area contributed by atoms with Gasteiger partial charge >= 0.3 is 0 Å². The second-order valence-electron chi connectivity index (χ2n) is 4.65. The van der Waals surface area contributed by atoms with E-state index in [-0.39, 0.29) is 15.7 Å². The molecule has 0 unspecified atom stereocenters. The summed E-state index contributed by atoms with van der Waals surface area (Å²) in [4.78, 5) is 14.1. The van der Waals surface area contributed by atoms with Crippen LogP contribution < -0.4 is 4.72 Å². The van der Waals surface area contributed by atoms with Gasteiger partial charge in [-0.15, -0.1) is 0 Å². The first-order valence-corrected chi connectivity index (χ1v) is 8.88. The van der Waals surface area contributed by atoms with Crippen molar-refractivity contribution in [3.05, 3.63) is 64.7 Å². The Labute approximate surface area is 141 Å². The third-order valence-electron chi connectivity index (χ3n) is 3.04. The molecule has 0 saturated carbocycles. The number of anilines is 1. The molecule has 0 aliphatic carbocycles. The minimum absolute atomic E-state index is 0.0930. The Balaban J connectivity index is 1.82. The fraction of sp³-hybridized carbons (Fsp3) is 0. The monoisotopic (exact) mass is 362 g/mol. The van der Waals surface area contributed by atoms with E-state index in [4.69, 9.17) is 0 Å². The van der Waals surface area contributed by atoms with E-state index in [1.165, 1.54) is 12.1 Å². The van der Waals surface area contributed by atoms with Crippen LogP contribution in [0.2, 0.25) is 0 Å². The van der Waals surface area contributed by atoms with E-state index in [1.54, 1.807) is 0 Å². The maximum absolute atomic E-state index is 12.3. The van der Waals surface area contributed by atoms with Crippen LogP contribution >= 0.6 is 11.5 Å². The van der Waals surface area contributed by atoms with E-state index in [2.05, 4.69) is 14.1 Å². The lowest BCUT2D eigenvalue weighted by atomic mass is 10.2. The summed E-state index contributed by atoms with van der Waals surface area (Å²) in [6, 6.07) is 13.7. The summed E-state index contributed by atoms with van der Waals surface area (Å²) in [7, 11) is -3.89. The molecule has 0 aliphatic rings. The lowest BCUT2D eigenvalue weighted by Gasteiger charge is -2.04. The van der Waals surface area contributed by atoms with Gasteiger partial charge in [-0.3, -0.25) is 14.8 Å². The van der Waals surface area contributed by atoms with Crippen LogP contribution in [0, 0.1) is 10.1 Å². The summed E-state index contributed by atoms with van der Waals surface area (Å²) in [5.41, 5.74) is 0.589. The first kappa shape index (κ1) is 16.0. The number of hydrogen-bond donors (Lipinski definition) is 1. The number of non-ortho nitro benzene ring substituents is 1. The van der Waals surface area contributed by atoms with Crippen molar-refractivity contribution in [1.82, 2.24) is 9.36 Å². The maximum Gasteiger partial charge on any atom is 0.269 e. The van der Waals surface area contributed by atoms with Crippen LogP contribution in [0.5, 0.6) is 0 Å². The predicted molar refractivity (Wildman–Crippen MR) is 89.2 cm³/mol. The van der Waals surface area contributed by atoms with Crippen molar-refractivity contribution in [2.45, 2.75) is 4.90 Å². The number of rotatable bonds is 5. The minimum atomic E-state index is -3.89. The minimum Gasteiger partial charge on any atom is -0.258 e. The molecule has 2 aromatic carbocycles. The number of nitro groups is 1. The number of aromatic nitrogens is 2. The van der Waals surface area contributed by atoms with Crippen molar-refractivity contribution >= 4 is 32.4 Å². The first-order chi connectivity index (χ1) is 11.5. The average Bonchev–Trinajstić information content (AvgIpc) is 3.03. The summed E-state index contributed by atoms with van der Waals surface area (Å²) >= 11 is 0.914. The van der Waals surface area contributed by atoms with Crippen LogP contribution in [0.3, 0.4) is 0 Å². The third kappa shape index (κ3) is 3.39. The molecule has 122 valence electrons. The van der Waals surface area contributed by atoms with Gasteiger partial charge in [0.1, 0.15) is 0 Å². The molecule has 0 amide bonds. The van der Waals surface area contributed by atoms with Crippen LogP contribution in [0.1, 0.15) is 0 Å². The molecular formula is C14H10N4O4S2. The van der Waals surface area contributed by atoms with Gasteiger partial charge in [0.15, 0.2) is 5.82 Å². The van der Waals surface area contributed by atoms with Gasteiger partial charge in [-0.2, -0.15) is 9.36 Å². The van der Waals surface area contributed by atoms with Crippen LogP contribution in [-0.4, -0.2) is 22.7 Å². The van der Waals surface area contributed by atoms with Gasteiger partial charge in [-0.05, 0) is 12.1 Å². The largest absolute Gasteiger partial charge is 0.269 e. The smallest absolute Gasteiger partial charge is 0.258 e. The summed E-state index contributed by atoms with van der Waals surface area (Å²) in [5.74, 6) is 0.419. The molecule has 0 aliphatic heterocycles. The highest BCUT2D eigenvalue weighted by molar-refractivity contribution is 7.93. The number of nitrogens with one attached hydrogen (secondary N) is 1. The van der Waals surface area contributed by atoms with E-state index in [9.17, 15) is 18.5 Å². The Morgan fingerprint density at radius 3 is 2.33 bits per heavy atom. The Hall–Kier alpha value is -2.85. The highest BCUT2D eigenvalue weighted by Crippen LogP contribution is 2.24. The van der Waals surface area contributed by atoms with Gasteiger partial charge in [0, 0.05) is 29.2 Å². The van der Waals surface area contributed by atoms with E-state index >= 15 is 0 Å². The number of nitrogens with zero attached hydrogens (tertiary/aromatic N) is 3. The van der Waals surface area contributed by atoms with Crippen molar-refractivity contribution in [3.8, 4) is 11.4 Å². The van der Waals surface area contributed by atoms with E-state index in [1.807, 2.05) is 30.3 Å². The Kier molecular flexibility index (Phi) is 4.23. The van der Waals surface area contributed by atoms with Gasteiger partial charge < -0.3 is 0 Å². The third-order valence-corrected chi connectivity index (χ3v) is 5.15. The lowest BCUT2D eigenvalue weighted by Crippen LogP contribution is -2.12. The Morgan fingerprint density at radius 2 is 1.71 bits per heavy atom. The van der Waals surface area contributed by atoms with Crippen LogP contribution in [0.25, 0.3) is 11.4 Å². The average molecular weight is 362 g/mol. The fourth-order valence-electron chi connectivity index (χ4n) is 1.89. The van der Waals surface area contributed by atoms with Crippen molar-refractivity contribution < 1.29 is 13.3 Å². The van der Waals surface area contributed by atoms with Crippen molar-refractivity contribution in [2.24, 2.45) is 0 Å². The van der Waals surface area contributed by atoms with Crippen molar-refractivity contribution in [1.29, 1.82) is 0 Å². The molecule has 0 radical (unpaired) electrons. The Morgan fingerprint density at radius 1 is 1.04 bits per heavy atom. The van der Waals surface area contributed by atoms with Crippen molar-refractivity contribution in [2.75, 3.05) is 4.72 Å². The summed E-state index contributed by atoms with van der Waals surface area (Å²) in [5, 5.41) is 10.7. The lowest BCUT2D eigenvalue weighted by molar-refractivity contribution is -0.384. The van der Waals surface area contributed by atoms with Crippen molar-refractivity contribution in [3.63, 3.8) is 0 Å². The topological polar surface area (TPSA) is 115 Å². The van der Waals surface area contributed by atoms with E-state index < -0.39 is 14.9 Å². The van der Waals surface area contributed by atoms with Crippen LogP contribution in [0.15, 0.2) is 59.5 Å². The predicted octanol–water partition coefficient (Wildman–Crippen LogP) is 2.91. The normalized spacial score (nSPS) is 11.2. The molecule has 0 atom stereocenters. The first-order valence-electron chi connectivity index (χ1n) is 6.62. The molecule has 8 nitrogen and oxygen atoms in total. The zero-order chi connectivity index (χ0) is 17.2. The molecule has 3 rings (SSSR count). The Bertz CT molecular complexity index is 970. The molecule has 0 bridgehead atoms. The SMILES string of the molecule is O=[N+]([O-])c1ccc(S(=O)(=O)Nc2nc(-c3ccccc3)ns2)cc1. The zero-order valence-electron chi connectivity index (χ0n) is 12.0. The summed E-state index contributed by atoms with van der Waals surface area (Å²) in [6.45, 7) is 0. The number of benzene rings is 2. The van der Waals surface area contributed by atoms with Gasteiger partial charge in [-0.25, -0.2) is 8.42 Å². The van der Waals surface area contributed by atoms with Crippen LogP contribution in [0.4, 0.5) is 10.8 Å². The number of hydrogen-bond acceptors (Lipinski definition) is 7. The quantitative estimate of drug-likeness (QED) is 0.551. The van der Waals surface area contributed by atoms with Gasteiger partial charge in [-0.1, -0.05) is 30.3 Å².